The van der Waals surface area contributed by atoms with E-state index in [-0.39, 0.29) is 0 Å². The summed E-state index contributed by atoms with van der Waals surface area (Å²) in [6, 6.07) is 6.36. The molecule has 1 aromatic rings. The van der Waals surface area contributed by atoms with Gasteiger partial charge in [-0.2, -0.15) is 0 Å². The van der Waals surface area contributed by atoms with Crippen LogP contribution in [0.25, 0.3) is 0 Å². The number of carbonyl (C=O) groups is 2. The molecule has 0 unspecified atom stereocenters. The number of rotatable bonds is 4. The summed E-state index contributed by atoms with van der Waals surface area (Å²) in [5.41, 5.74) is 0.882. The Morgan fingerprint density at radius 1 is 1.28 bits per heavy atom. The molecule has 5 heteroatoms. The highest BCUT2D eigenvalue weighted by Gasteiger charge is 2.06. The zero-order chi connectivity index (χ0) is 13.5. The van der Waals surface area contributed by atoms with Gasteiger partial charge in [0.25, 0.3) is 0 Å². The molecule has 0 heterocycles. The maximum Gasteiger partial charge on any atom is 0.411 e. The highest BCUT2D eigenvalue weighted by atomic mass is 16.5. The van der Waals surface area contributed by atoms with Crippen LogP contribution in [0.2, 0.25) is 0 Å². The first kappa shape index (κ1) is 13.8. The average Bonchev–Trinajstić information content (AvgIpc) is 2.31. The van der Waals surface area contributed by atoms with Gasteiger partial charge in [-0.1, -0.05) is 6.58 Å². The van der Waals surface area contributed by atoms with Crippen molar-refractivity contribution >= 4 is 17.7 Å². The Kier molecular flexibility index (Phi) is 4.92. The SMILES string of the molecule is C=C(C)C(=O)Oc1ccc(NC(=O)OCC)cc1. The molecule has 0 aliphatic heterocycles. The lowest BCUT2D eigenvalue weighted by atomic mass is 10.3. The van der Waals surface area contributed by atoms with Crippen LogP contribution in [0.15, 0.2) is 36.4 Å². The van der Waals surface area contributed by atoms with Crippen LogP contribution in [-0.2, 0) is 9.53 Å². The molecule has 1 amide bonds. The van der Waals surface area contributed by atoms with Gasteiger partial charge in [-0.15, -0.1) is 0 Å². The molecule has 0 aliphatic carbocycles. The highest BCUT2D eigenvalue weighted by molar-refractivity contribution is 5.89. The van der Waals surface area contributed by atoms with E-state index in [1.807, 2.05) is 0 Å². The summed E-state index contributed by atoms with van der Waals surface area (Å²) in [4.78, 5) is 22.4. The van der Waals surface area contributed by atoms with Crippen molar-refractivity contribution in [3.63, 3.8) is 0 Å². The van der Waals surface area contributed by atoms with Crippen molar-refractivity contribution in [2.75, 3.05) is 11.9 Å². The quantitative estimate of drug-likeness (QED) is 0.506. The van der Waals surface area contributed by atoms with Crippen LogP contribution in [0.3, 0.4) is 0 Å². The molecule has 0 atom stereocenters. The molecule has 1 N–H and O–H groups in total. The molecule has 0 bridgehead atoms. The number of amides is 1. The van der Waals surface area contributed by atoms with E-state index in [2.05, 4.69) is 11.9 Å². The summed E-state index contributed by atoms with van der Waals surface area (Å²) in [7, 11) is 0. The van der Waals surface area contributed by atoms with E-state index >= 15 is 0 Å². The van der Waals surface area contributed by atoms with Crippen molar-refractivity contribution in [1.82, 2.24) is 0 Å². The van der Waals surface area contributed by atoms with Gasteiger partial charge < -0.3 is 9.47 Å². The molecular weight excluding hydrogens is 234 g/mol. The predicted molar refractivity (Wildman–Crippen MR) is 67.5 cm³/mol. The molecule has 0 saturated heterocycles. The number of esters is 1. The first-order valence-electron chi connectivity index (χ1n) is 5.44. The normalized spacial score (nSPS) is 9.44. The van der Waals surface area contributed by atoms with Gasteiger partial charge in [0.2, 0.25) is 0 Å². The molecule has 1 rings (SSSR count). The van der Waals surface area contributed by atoms with Gasteiger partial charge in [0.15, 0.2) is 0 Å². The first-order chi connectivity index (χ1) is 8.52. The third-order valence-electron chi connectivity index (χ3n) is 1.94. The fourth-order valence-corrected chi connectivity index (χ4v) is 1.09. The Morgan fingerprint density at radius 2 is 1.89 bits per heavy atom. The van der Waals surface area contributed by atoms with Gasteiger partial charge in [0.1, 0.15) is 5.75 Å². The van der Waals surface area contributed by atoms with E-state index in [9.17, 15) is 9.59 Å². The second kappa shape index (κ2) is 6.44. The van der Waals surface area contributed by atoms with Crippen LogP contribution < -0.4 is 10.1 Å². The van der Waals surface area contributed by atoms with Crippen molar-refractivity contribution in [3.05, 3.63) is 36.4 Å². The van der Waals surface area contributed by atoms with Gasteiger partial charge in [-0.25, -0.2) is 9.59 Å². The van der Waals surface area contributed by atoms with Crippen molar-refractivity contribution in [3.8, 4) is 5.75 Å². The number of ether oxygens (including phenoxy) is 2. The molecule has 0 fully saturated rings. The van der Waals surface area contributed by atoms with Gasteiger partial charge >= 0.3 is 12.1 Å². The number of anilines is 1. The molecule has 1 aromatic carbocycles. The minimum atomic E-state index is -0.524. The average molecular weight is 249 g/mol. The van der Waals surface area contributed by atoms with Crippen molar-refractivity contribution in [2.24, 2.45) is 0 Å². The van der Waals surface area contributed by atoms with E-state index in [0.29, 0.717) is 23.6 Å². The Balaban J connectivity index is 2.60. The Hall–Kier alpha value is -2.30. The molecule has 0 spiro atoms. The van der Waals surface area contributed by atoms with Crippen molar-refractivity contribution < 1.29 is 19.1 Å². The molecule has 5 nitrogen and oxygen atoms in total. The second-order valence-electron chi connectivity index (χ2n) is 3.54. The zero-order valence-corrected chi connectivity index (χ0v) is 10.4. The summed E-state index contributed by atoms with van der Waals surface area (Å²) >= 11 is 0. The van der Waals surface area contributed by atoms with E-state index in [1.165, 1.54) is 0 Å². The van der Waals surface area contributed by atoms with Gasteiger partial charge in [0, 0.05) is 11.3 Å². The molecule has 18 heavy (non-hydrogen) atoms. The molecular formula is C13H15NO4. The molecule has 0 aromatic heterocycles. The lowest BCUT2D eigenvalue weighted by Gasteiger charge is -2.07. The Labute approximate surface area is 105 Å². The van der Waals surface area contributed by atoms with E-state index in [4.69, 9.17) is 9.47 Å². The summed E-state index contributed by atoms with van der Waals surface area (Å²) < 4.78 is 9.73. The van der Waals surface area contributed by atoms with Crippen LogP contribution in [0.4, 0.5) is 10.5 Å². The number of nitrogens with one attached hydrogen (secondary N) is 1. The summed E-state index contributed by atoms with van der Waals surface area (Å²) in [5, 5.41) is 2.53. The van der Waals surface area contributed by atoms with Gasteiger partial charge in [0.05, 0.1) is 6.61 Å². The number of benzene rings is 1. The second-order valence-corrected chi connectivity index (χ2v) is 3.54. The topological polar surface area (TPSA) is 64.6 Å². The maximum absolute atomic E-state index is 11.2. The smallest absolute Gasteiger partial charge is 0.411 e. The van der Waals surface area contributed by atoms with Crippen LogP contribution in [0, 0.1) is 0 Å². The molecule has 96 valence electrons. The van der Waals surface area contributed by atoms with Gasteiger partial charge in [-0.3, -0.25) is 5.32 Å². The van der Waals surface area contributed by atoms with E-state index in [0.717, 1.165) is 0 Å². The Bertz CT molecular complexity index is 451. The third-order valence-corrected chi connectivity index (χ3v) is 1.94. The highest BCUT2D eigenvalue weighted by Crippen LogP contribution is 2.16. The lowest BCUT2D eigenvalue weighted by molar-refractivity contribution is -0.130. The van der Waals surface area contributed by atoms with Crippen molar-refractivity contribution in [2.45, 2.75) is 13.8 Å². The maximum atomic E-state index is 11.2. The fourth-order valence-electron chi connectivity index (χ4n) is 1.09. The number of carbonyl (C=O) groups excluding carboxylic acids is 2. The van der Waals surface area contributed by atoms with Crippen LogP contribution >= 0.6 is 0 Å². The summed E-state index contributed by atoms with van der Waals surface area (Å²) in [6.45, 7) is 7.08. The first-order valence-corrected chi connectivity index (χ1v) is 5.44. The predicted octanol–water partition coefficient (Wildman–Crippen LogP) is 2.74. The van der Waals surface area contributed by atoms with Crippen LogP contribution in [-0.4, -0.2) is 18.7 Å². The zero-order valence-electron chi connectivity index (χ0n) is 10.4. The summed E-state index contributed by atoms with van der Waals surface area (Å²) in [5.74, 6) is -0.0986. The Morgan fingerprint density at radius 3 is 2.39 bits per heavy atom. The lowest BCUT2D eigenvalue weighted by Crippen LogP contribution is -2.13. The minimum Gasteiger partial charge on any atom is -0.450 e. The van der Waals surface area contributed by atoms with Gasteiger partial charge in [-0.05, 0) is 38.1 Å². The van der Waals surface area contributed by atoms with Crippen molar-refractivity contribution in [1.29, 1.82) is 0 Å². The molecule has 0 radical (unpaired) electrons. The monoisotopic (exact) mass is 249 g/mol. The van der Waals surface area contributed by atoms with E-state index < -0.39 is 12.1 Å². The largest absolute Gasteiger partial charge is 0.450 e. The minimum absolute atomic E-state index is 0.306. The standard InChI is InChI=1S/C13H15NO4/c1-4-17-13(16)14-10-5-7-11(8-6-10)18-12(15)9(2)3/h5-8H,2,4H2,1,3H3,(H,14,16). The molecule has 0 saturated carbocycles. The third kappa shape index (κ3) is 4.29. The summed E-state index contributed by atoms with van der Waals surface area (Å²) in [6.07, 6.45) is -0.524. The number of hydrogen-bond acceptors (Lipinski definition) is 4. The van der Waals surface area contributed by atoms with Crippen LogP contribution in [0.5, 0.6) is 5.75 Å². The fraction of sp³-hybridized carbons (Fsp3) is 0.231. The van der Waals surface area contributed by atoms with E-state index in [1.54, 1.807) is 38.1 Å². The van der Waals surface area contributed by atoms with Crippen LogP contribution in [0.1, 0.15) is 13.8 Å². The molecule has 0 aliphatic rings. The number of hydrogen-bond donors (Lipinski definition) is 1.